The lowest BCUT2D eigenvalue weighted by atomic mass is 9.86. The van der Waals surface area contributed by atoms with E-state index in [4.69, 9.17) is 16.3 Å². The lowest BCUT2D eigenvalue weighted by molar-refractivity contribution is 0.212. The second kappa shape index (κ2) is 12.3. The molecule has 38 heavy (non-hydrogen) atoms. The molecule has 0 saturated heterocycles. The molecule has 0 aliphatic carbocycles. The van der Waals surface area contributed by atoms with Gasteiger partial charge in [0.25, 0.3) is 0 Å². The van der Waals surface area contributed by atoms with E-state index in [1.54, 1.807) is 0 Å². The molecule has 3 heterocycles. The highest BCUT2D eigenvalue weighted by Gasteiger charge is 2.26. The molecule has 0 spiro atoms. The highest BCUT2D eigenvalue weighted by Crippen LogP contribution is 2.35. The first kappa shape index (κ1) is 28.1. The van der Waals surface area contributed by atoms with Gasteiger partial charge in [0, 0.05) is 63.7 Å². The van der Waals surface area contributed by atoms with E-state index in [0.717, 1.165) is 63.6 Å². The maximum atomic E-state index is 6.49. The molecule has 4 rings (SSSR count). The molecule has 6 heteroatoms. The number of aromatic amines is 1. The summed E-state index contributed by atoms with van der Waals surface area (Å²) >= 11 is 6.49. The van der Waals surface area contributed by atoms with Crippen LogP contribution in [0, 0.1) is 17.3 Å². The molecular formula is C32H43ClN4O. The average Bonchev–Trinajstić information content (AvgIpc) is 3.32. The lowest BCUT2D eigenvalue weighted by Crippen LogP contribution is -2.35. The molecule has 1 aliphatic rings. The fourth-order valence-electron chi connectivity index (χ4n) is 5.07. The number of halogens is 1. The molecule has 0 amide bonds. The minimum Gasteiger partial charge on any atom is -0.491 e. The van der Waals surface area contributed by atoms with Gasteiger partial charge >= 0.3 is 0 Å². The van der Waals surface area contributed by atoms with E-state index in [9.17, 15) is 0 Å². The van der Waals surface area contributed by atoms with Gasteiger partial charge in [0.05, 0.1) is 18.5 Å². The van der Waals surface area contributed by atoms with Crippen molar-refractivity contribution in [2.24, 2.45) is 17.3 Å². The van der Waals surface area contributed by atoms with Crippen molar-refractivity contribution in [1.29, 1.82) is 0 Å². The van der Waals surface area contributed by atoms with Crippen molar-refractivity contribution in [1.82, 2.24) is 20.6 Å². The maximum Gasteiger partial charge on any atom is 0.142 e. The second-order valence-corrected chi connectivity index (χ2v) is 12.1. The van der Waals surface area contributed by atoms with E-state index < -0.39 is 0 Å². The van der Waals surface area contributed by atoms with E-state index in [1.165, 1.54) is 18.5 Å². The van der Waals surface area contributed by atoms with E-state index in [2.05, 4.69) is 80.0 Å². The Kier molecular flexibility index (Phi) is 9.09. The van der Waals surface area contributed by atoms with Crippen LogP contribution in [0.1, 0.15) is 71.6 Å². The lowest BCUT2D eigenvalue weighted by Gasteiger charge is -2.31. The highest BCUT2D eigenvalue weighted by molar-refractivity contribution is 6.35. The minimum atomic E-state index is 0.338. The summed E-state index contributed by atoms with van der Waals surface area (Å²) in [4.78, 5) is 7.93. The zero-order valence-corrected chi connectivity index (χ0v) is 24.3. The van der Waals surface area contributed by atoms with Crippen LogP contribution in [-0.2, 0) is 6.54 Å². The van der Waals surface area contributed by atoms with Crippen LogP contribution in [0.15, 0.2) is 60.7 Å². The molecule has 0 fully saturated rings. The molecular weight excluding hydrogens is 492 g/mol. The molecule has 3 aromatic rings. The normalized spacial score (nSPS) is 17.0. The Labute approximate surface area is 233 Å². The molecule has 0 radical (unpaired) electrons. The van der Waals surface area contributed by atoms with Crippen LogP contribution in [0.3, 0.4) is 0 Å². The summed E-state index contributed by atoms with van der Waals surface area (Å²) in [6, 6.07) is 10.1. The summed E-state index contributed by atoms with van der Waals surface area (Å²) in [6.07, 6.45) is 8.19. The predicted octanol–water partition coefficient (Wildman–Crippen LogP) is 8.09. The van der Waals surface area contributed by atoms with Crippen LogP contribution in [-0.4, -0.2) is 23.1 Å². The monoisotopic (exact) mass is 534 g/mol. The number of fused-ring (bicyclic) bond motifs is 1. The second-order valence-electron chi connectivity index (χ2n) is 11.7. The maximum absolute atomic E-state index is 6.49. The van der Waals surface area contributed by atoms with Crippen LogP contribution in [0.25, 0.3) is 16.5 Å². The van der Waals surface area contributed by atoms with E-state index >= 15 is 0 Å². The van der Waals surface area contributed by atoms with Gasteiger partial charge in [-0.3, -0.25) is 4.98 Å². The quantitative estimate of drug-likeness (QED) is 0.232. The van der Waals surface area contributed by atoms with Gasteiger partial charge in [0.15, 0.2) is 0 Å². The van der Waals surface area contributed by atoms with Gasteiger partial charge in [-0.05, 0) is 54.9 Å². The van der Waals surface area contributed by atoms with Crippen LogP contribution in [0.2, 0.25) is 5.02 Å². The van der Waals surface area contributed by atoms with Crippen molar-refractivity contribution in [3.05, 3.63) is 77.0 Å². The SMILES string of the molecule is C=C1NCC(CC)C(NCc2ccncc2OCC(CC)CCC(C)(C)C)=C1c1cc2c(Cl)cccc2[nH]1. The molecule has 204 valence electrons. The Morgan fingerprint density at radius 2 is 2.05 bits per heavy atom. The molecule has 0 bridgehead atoms. The third kappa shape index (κ3) is 6.74. The number of benzene rings is 1. The van der Waals surface area contributed by atoms with Gasteiger partial charge in [0.1, 0.15) is 5.75 Å². The van der Waals surface area contributed by atoms with Gasteiger partial charge in [-0.1, -0.05) is 65.3 Å². The predicted molar refractivity (Wildman–Crippen MR) is 160 cm³/mol. The van der Waals surface area contributed by atoms with Crippen molar-refractivity contribution in [3.8, 4) is 5.75 Å². The Hall–Kier alpha value is -2.92. The largest absolute Gasteiger partial charge is 0.491 e. The fourth-order valence-corrected chi connectivity index (χ4v) is 5.30. The van der Waals surface area contributed by atoms with Gasteiger partial charge in [-0.15, -0.1) is 0 Å². The Morgan fingerprint density at radius 1 is 1.24 bits per heavy atom. The smallest absolute Gasteiger partial charge is 0.142 e. The third-order valence-corrected chi connectivity index (χ3v) is 7.94. The summed E-state index contributed by atoms with van der Waals surface area (Å²) in [7, 11) is 0. The first-order valence-electron chi connectivity index (χ1n) is 13.9. The Morgan fingerprint density at radius 3 is 2.76 bits per heavy atom. The van der Waals surface area contributed by atoms with Crippen LogP contribution >= 0.6 is 11.6 Å². The first-order valence-corrected chi connectivity index (χ1v) is 14.3. The third-order valence-electron chi connectivity index (χ3n) is 7.61. The average molecular weight is 535 g/mol. The van der Waals surface area contributed by atoms with Crippen molar-refractivity contribution >= 4 is 28.1 Å². The molecule has 2 unspecified atom stereocenters. The number of ether oxygens (including phenoxy) is 1. The molecule has 1 aromatic carbocycles. The topological polar surface area (TPSA) is 62.0 Å². The Balaban J connectivity index is 1.56. The number of nitrogens with zero attached hydrogens (tertiary/aromatic N) is 1. The van der Waals surface area contributed by atoms with Crippen molar-refractivity contribution in [2.75, 3.05) is 13.2 Å². The number of aromatic nitrogens is 2. The number of hydrogen-bond donors (Lipinski definition) is 3. The standard InChI is InChI=1S/C32H43ClN4O/c1-7-22(12-14-32(4,5)6)20-38-29-19-34-15-13-24(29)18-36-31-23(8-2)17-35-21(3)30(31)28-16-25-26(33)10-9-11-27(25)37-28/h9-11,13,15-16,19,22-23,35-37H,3,7-8,12,14,17-18,20H2,1-2,4-6H3. The molecule has 0 saturated carbocycles. The van der Waals surface area contributed by atoms with Crippen molar-refractivity contribution in [3.63, 3.8) is 0 Å². The zero-order valence-electron chi connectivity index (χ0n) is 23.6. The number of H-pyrrole nitrogens is 1. The number of pyridine rings is 1. The minimum absolute atomic E-state index is 0.338. The number of nitrogens with one attached hydrogen (secondary N) is 3. The van der Waals surface area contributed by atoms with Gasteiger partial charge in [-0.25, -0.2) is 0 Å². The summed E-state index contributed by atoms with van der Waals surface area (Å²) in [5.74, 6) is 1.73. The summed E-state index contributed by atoms with van der Waals surface area (Å²) in [6.45, 7) is 18.0. The van der Waals surface area contributed by atoms with E-state index in [-0.39, 0.29) is 0 Å². The van der Waals surface area contributed by atoms with Gasteiger partial charge < -0.3 is 20.4 Å². The molecule has 1 aliphatic heterocycles. The number of allylic oxidation sites excluding steroid dienone is 1. The van der Waals surface area contributed by atoms with E-state index in [1.807, 2.05) is 24.5 Å². The number of rotatable bonds is 11. The summed E-state index contributed by atoms with van der Waals surface area (Å²) in [5.41, 5.74) is 6.67. The highest BCUT2D eigenvalue weighted by atomic mass is 35.5. The van der Waals surface area contributed by atoms with Gasteiger partial charge in [-0.2, -0.15) is 0 Å². The van der Waals surface area contributed by atoms with Crippen LogP contribution in [0.4, 0.5) is 0 Å². The summed E-state index contributed by atoms with van der Waals surface area (Å²) in [5, 5.41) is 9.05. The van der Waals surface area contributed by atoms with Crippen LogP contribution in [0.5, 0.6) is 5.75 Å². The number of hydrogen-bond acceptors (Lipinski definition) is 4. The zero-order chi connectivity index (χ0) is 27.3. The van der Waals surface area contributed by atoms with Gasteiger partial charge in [0.2, 0.25) is 0 Å². The molecule has 2 aromatic heterocycles. The van der Waals surface area contributed by atoms with Crippen molar-refractivity contribution in [2.45, 2.75) is 66.8 Å². The first-order chi connectivity index (χ1) is 18.2. The molecule has 5 nitrogen and oxygen atoms in total. The molecule has 3 N–H and O–H groups in total. The summed E-state index contributed by atoms with van der Waals surface area (Å²) < 4.78 is 6.36. The molecule has 2 atom stereocenters. The van der Waals surface area contributed by atoms with Crippen molar-refractivity contribution < 1.29 is 4.74 Å². The Bertz CT molecular complexity index is 1290. The van der Waals surface area contributed by atoms with Crippen LogP contribution < -0.4 is 15.4 Å². The fraction of sp³-hybridized carbons (Fsp3) is 0.469. The van der Waals surface area contributed by atoms with E-state index in [0.29, 0.717) is 30.4 Å².